The van der Waals surface area contributed by atoms with Crippen LogP contribution in [0, 0.1) is 12.7 Å². The minimum atomic E-state index is -0.342. The topological polar surface area (TPSA) is 49.4 Å². The van der Waals surface area contributed by atoms with E-state index in [1.54, 1.807) is 29.2 Å². The Labute approximate surface area is 146 Å². The van der Waals surface area contributed by atoms with Gasteiger partial charge in [-0.2, -0.15) is 0 Å². The smallest absolute Gasteiger partial charge is 0.248 e. The first kappa shape index (κ1) is 16.9. The Morgan fingerprint density at radius 2 is 2.08 bits per heavy atom. The number of nitrogens with zero attached hydrogens (tertiary/aromatic N) is 1. The van der Waals surface area contributed by atoms with Crippen molar-refractivity contribution in [3.8, 4) is 0 Å². The highest BCUT2D eigenvalue weighted by Crippen LogP contribution is 2.27. The first-order valence-electron chi connectivity index (χ1n) is 8.18. The largest absolute Gasteiger partial charge is 0.323 e. The molecule has 0 aliphatic carbocycles. The fraction of sp³-hybridized carbons (Fsp3) is 0.200. The summed E-state index contributed by atoms with van der Waals surface area (Å²) in [6, 6.07) is 11.5. The molecule has 0 spiro atoms. The van der Waals surface area contributed by atoms with E-state index in [4.69, 9.17) is 0 Å². The molecule has 2 aromatic rings. The third-order valence-corrected chi connectivity index (χ3v) is 4.10. The van der Waals surface area contributed by atoms with Crippen LogP contribution >= 0.6 is 0 Å². The van der Waals surface area contributed by atoms with Gasteiger partial charge in [0.05, 0.1) is 0 Å². The zero-order valence-electron chi connectivity index (χ0n) is 14.0. The van der Waals surface area contributed by atoms with Gasteiger partial charge in [-0.05, 0) is 60.9 Å². The highest BCUT2D eigenvalue weighted by Gasteiger charge is 2.22. The number of hydrogen-bond donors (Lipinski definition) is 1. The minimum Gasteiger partial charge on any atom is -0.323 e. The van der Waals surface area contributed by atoms with Gasteiger partial charge in [0.15, 0.2) is 0 Å². The van der Waals surface area contributed by atoms with E-state index in [0.29, 0.717) is 17.7 Å². The molecule has 0 saturated carbocycles. The van der Waals surface area contributed by atoms with Crippen LogP contribution in [0.15, 0.2) is 48.5 Å². The summed E-state index contributed by atoms with van der Waals surface area (Å²) in [7, 11) is 0. The normalized spacial score (nSPS) is 14.3. The van der Waals surface area contributed by atoms with E-state index >= 15 is 0 Å². The van der Waals surface area contributed by atoms with Crippen LogP contribution < -0.4 is 10.2 Å². The van der Waals surface area contributed by atoms with Gasteiger partial charge in [-0.15, -0.1) is 0 Å². The predicted molar refractivity (Wildman–Crippen MR) is 96.8 cm³/mol. The van der Waals surface area contributed by atoms with Gasteiger partial charge < -0.3 is 10.2 Å². The van der Waals surface area contributed by atoms with Crippen molar-refractivity contribution < 1.29 is 14.0 Å². The number of hydrogen-bond acceptors (Lipinski definition) is 2. The molecule has 2 amide bonds. The number of nitrogens with one attached hydrogen (secondary N) is 1. The summed E-state index contributed by atoms with van der Waals surface area (Å²) >= 11 is 0. The second-order valence-corrected chi connectivity index (χ2v) is 6.03. The molecule has 1 fully saturated rings. The molecule has 1 saturated heterocycles. The molecule has 3 rings (SSSR count). The van der Waals surface area contributed by atoms with Crippen molar-refractivity contribution >= 4 is 29.3 Å². The predicted octanol–water partition coefficient (Wildman–Crippen LogP) is 3.91. The van der Waals surface area contributed by atoms with Crippen molar-refractivity contribution in [2.75, 3.05) is 16.8 Å². The summed E-state index contributed by atoms with van der Waals surface area (Å²) in [6.07, 6.45) is 4.38. The van der Waals surface area contributed by atoms with Crippen LogP contribution in [0.4, 0.5) is 15.8 Å². The van der Waals surface area contributed by atoms with E-state index in [1.807, 2.05) is 19.1 Å². The number of carbonyl (C=O) groups excluding carboxylic acids is 2. The lowest BCUT2D eigenvalue weighted by molar-refractivity contribution is -0.117. The fourth-order valence-corrected chi connectivity index (χ4v) is 2.91. The Balaban J connectivity index is 1.67. The standard InChI is InChI=1S/C20H19FN2O2/c1-14-12-17(8-9-18(14)23-11-3-6-20(23)25)22-19(24)10-7-15-4-2-5-16(21)13-15/h2,4-5,7-10,12-13H,3,6,11H2,1H3,(H,22,24)/b10-7+. The van der Waals surface area contributed by atoms with Gasteiger partial charge in [0, 0.05) is 30.4 Å². The number of benzene rings is 2. The Morgan fingerprint density at radius 3 is 2.76 bits per heavy atom. The second-order valence-electron chi connectivity index (χ2n) is 6.03. The number of anilines is 2. The van der Waals surface area contributed by atoms with Gasteiger partial charge in [0.1, 0.15) is 5.82 Å². The first-order chi connectivity index (χ1) is 12.0. The van der Waals surface area contributed by atoms with E-state index in [2.05, 4.69) is 5.32 Å². The van der Waals surface area contributed by atoms with Crippen molar-refractivity contribution in [1.29, 1.82) is 0 Å². The van der Waals surface area contributed by atoms with Gasteiger partial charge in [0.25, 0.3) is 0 Å². The van der Waals surface area contributed by atoms with E-state index < -0.39 is 0 Å². The molecule has 128 valence electrons. The molecular weight excluding hydrogens is 319 g/mol. The van der Waals surface area contributed by atoms with Crippen LogP contribution in [0.5, 0.6) is 0 Å². The summed E-state index contributed by atoms with van der Waals surface area (Å²) in [5.74, 6) is -0.503. The van der Waals surface area contributed by atoms with Gasteiger partial charge in [-0.3, -0.25) is 9.59 Å². The lowest BCUT2D eigenvalue weighted by Gasteiger charge is -2.19. The summed E-state index contributed by atoms with van der Waals surface area (Å²) in [4.78, 5) is 25.7. The maximum absolute atomic E-state index is 13.1. The van der Waals surface area contributed by atoms with Crippen LogP contribution in [-0.4, -0.2) is 18.4 Å². The number of aryl methyl sites for hydroxylation is 1. The molecule has 4 nitrogen and oxygen atoms in total. The van der Waals surface area contributed by atoms with Gasteiger partial charge in [0.2, 0.25) is 11.8 Å². The number of carbonyl (C=O) groups is 2. The summed E-state index contributed by atoms with van der Waals surface area (Å²) in [5, 5.41) is 2.77. The third kappa shape index (κ3) is 4.12. The van der Waals surface area contributed by atoms with Crippen molar-refractivity contribution in [1.82, 2.24) is 0 Å². The molecule has 1 aliphatic rings. The SMILES string of the molecule is Cc1cc(NC(=O)/C=C/c2cccc(F)c2)ccc1N1CCCC1=O. The molecule has 2 aromatic carbocycles. The average Bonchev–Trinajstić information content (AvgIpc) is 2.99. The summed E-state index contributed by atoms with van der Waals surface area (Å²) in [6.45, 7) is 2.65. The monoisotopic (exact) mass is 338 g/mol. The van der Waals surface area contributed by atoms with E-state index in [0.717, 1.165) is 24.2 Å². The molecule has 25 heavy (non-hydrogen) atoms. The summed E-state index contributed by atoms with van der Waals surface area (Å²) < 4.78 is 13.1. The molecule has 0 radical (unpaired) electrons. The van der Waals surface area contributed by atoms with Gasteiger partial charge >= 0.3 is 0 Å². The number of amides is 2. The highest BCUT2D eigenvalue weighted by atomic mass is 19.1. The molecule has 0 unspecified atom stereocenters. The Morgan fingerprint density at radius 1 is 1.24 bits per heavy atom. The lowest BCUT2D eigenvalue weighted by Crippen LogP contribution is -2.24. The highest BCUT2D eigenvalue weighted by molar-refractivity contribution is 6.02. The fourth-order valence-electron chi connectivity index (χ4n) is 2.91. The second kappa shape index (κ2) is 7.30. The average molecular weight is 338 g/mol. The maximum Gasteiger partial charge on any atom is 0.248 e. The quantitative estimate of drug-likeness (QED) is 0.859. The van der Waals surface area contributed by atoms with Crippen LogP contribution in [0.1, 0.15) is 24.0 Å². The van der Waals surface area contributed by atoms with E-state index in [9.17, 15) is 14.0 Å². The lowest BCUT2D eigenvalue weighted by atomic mass is 10.1. The van der Waals surface area contributed by atoms with Crippen LogP contribution in [-0.2, 0) is 9.59 Å². The molecule has 5 heteroatoms. The van der Waals surface area contributed by atoms with Crippen molar-refractivity contribution in [3.05, 3.63) is 65.5 Å². The zero-order chi connectivity index (χ0) is 17.8. The van der Waals surface area contributed by atoms with Crippen LogP contribution in [0.2, 0.25) is 0 Å². The minimum absolute atomic E-state index is 0.137. The Kier molecular flexibility index (Phi) is 4.93. The third-order valence-electron chi connectivity index (χ3n) is 4.10. The van der Waals surface area contributed by atoms with Gasteiger partial charge in [-0.25, -0.2) is 4.39 Å². The van der Waals surface area contributed by atoms with Crippen molar-refractivity contribution in [2.24, 2.45) is 0 Å². The van der Waals surface area contributed by atoms with Gasteiger partial charge in [-0.1, -0.05) is 12.1 Å². The van der Waals surface area contributed by atoms with E-state index in [-0.39, 0.29) is 17.6 Å². The summed E-state index contributed by atoms with van der Waals surface area (Å²) in [5.41, 5.74) is 3.09. The van der Waals surface area contributed by atoms with Crippen molar-refractivity contribution in [3.63, 3.8) is 0 Å². The molecule has 0 bridgehead atoms. The molecule has 1 N–H and O–H groups in total. The van der Waals surface area contributed by atoms with E-state index in [1.165, 1.54) is 18.2 Å². The maximum atomic E-state index is 13.1. The number of halogens is 1. The molecule has 1 aliphatic heterocycles. The Hall–Kier alpha value is -2.95. The zero-order valence-corrected chi connectivity index (χ0v) is 14.0. The Bertz CT molecular complexity index is 845. The van der Waals surface area contributed by atoms with Crippen LogP contribution in [0.25, 0.3) is 6.08 Å². The first-order valence-corrected chi connectivity index (χ1v) is 8.18. The number of rotatable bonds is 4. The molecule has 0 atom stereocenters. The molecule has 1 heterocycles. The molecule has 0 aromatic heterocycles. The van der Waals surface area contributed by atoms with Crippen LogP contribution in [0.3, 0.4) is 0 Å². The van der Waals surface area contributed by atoms with Crippen molar-refractivity contribution in [2.45, 2.75) is 19.8 Å². The molecular formula is C20H19FN2O2.